The molecule has 1 heterocycles. The maximum Gasteiger partial charge on any atom is 0.259 e. The first-order valence-electron chi connectivity index (χ1n) is 10.1. The molecule has 0 unspecified atom stereocenters. The number of nitrogens with one attached hydrogen (secondary N) is 1. The van der Waals surface area contributed by atoms with Gasteiger partial charge in [-0.2, -0.15) is 0 Å². The Labute approximate surface area is 189 Å². The number of ether oxygens (including phenoxy) is 4. The summed E-state index contributed by atoms with van der Waals surface area (Å²) in [5.74, 6) is -0.185. The van der Waals surface area contributed by atoms with Gasteiger partial charge in [0.25, 0.3) is 5.91 Å². The Bertz CT molecular complexity index is 966. The molecule has 0 aromatic heterocycles. The van der Waals surface area contributed by atoms with Crippen molar-refractivity contribution in [3.63, 3.8) is 0 Å². The molecule has 2 aromatic carbocycles. The predicted molar refractivity (Wildman–Crippen MR) is 113 cm³/mol. The standard InChI is InChI=1S/C22H27NO10/c1-30-13-7-6-11(8-15(13)31-2)9-23-21(29)17-12(25)4-3-5-14(17)32-22-20(28)19(27)18(26)16(10-24)33-22/h3-8,16,18-20,22,24-28H,9-10H2,1-2H3,(H,23,29)/t16-,18-,19+,20-,22-/m1/s1. The van der Waals surface area contributed by atoms with E-state index in [0.717, 1.165) is 0 Å². The number of carbonyl (C=O) groups is 1. The first-order valence-corrected chi connectivity index (χ1v) is 10.1. The average Bonchev–Trinajstić information content (AvgIpc) is 2.82. The fraction of sp³-hybridized carbons (Fsp3) is 0.409. The van der Waals surface area contributed by atoms with E-state index in [1.54, 1.807) is 18.2 Å². The van der Waals surface area contributed by atoms with Gasteiger partial charge < -0.3 is 49.8 Å². The van der Waals surface area contributed by atoms with Gasteiger partial charge in [0, 0.05) is 6.54 Å². The van der Waals surface area contributed by atoms with Gasteiger partial charge in [-0.05, 0) is 29.8 Å². The lowest BCUT2D eigenvalue weighted by Crippen LogP contribution is -2.60. The zero-order valence-electron chi connectivity index (χ0n) is 18.0. The van der Waals surface area contributed by atoms with Crippen LogP contribution in [-0.2, 0) is 11.3 Å². The highest BCUT2D eigenvalue weighted by molar-refractivity contribution is 5.99. The van der Waals surface area contributed by atoms with Crippen LogP contribution in [0.4, 0.5) is 0 Å². The largest absolute Gasteiger partial charge is 0.507 e. The number of carbonyl (C=O) groups excluding carboxylic acids is 1. The second-order valence-electron chi connectivity index (χ2n) is 7.34. The molecule has 11 heteroatoms. The Hall–Kier alpha value is -3.09. The first kappa shape index (κ1) is 24.6. The average molecular weight is 465 g/mol. The maximum absolute atomic E-state index is 12.9. The number of aliphatic hydroxyl groups excluding tert-OH is 4. The summed E-state index contributed by atoms with van der Waals surface area (Å²) in [5, 5.41) is 52.3. The van der Waals surface area contributed by atoms with Gasteiger partial charge in [-0.1, -0.05) is 12.1 Å². The number of hydrogen-bond donors (Lipinski definition) is 6. The van der Waals surface area contributed by atoms with Gasteiger partial charge in [0.2, 0.25) is 6.29 Å². The van der Waals surface area contributed by atoms with Gasteiger partial charge in [0.05, 0.1) is 20.8 Å². The van der Waals surface area contributed by atoms with E-state index < -0.39 is 43.2 Å². The Balaban J connectivity index is 1.77. The van der Waals surface area contributed by atoms with E-state index in [-0.39, 0.29) is 23.6 Å². The Morgan fingerprint density at radius 3 is 2.39 bits per heavy atom. The lowest BCUT2D eigenvalue weighted by atomic mass is 9.99. The fourth-order valence-electron chi connectivity index (χ4n) is 3.40. The highest BCUT2D eigenvalue weighted by Crippen LogP contribution is 2.32. The molecule has 1 saturated heterocycles. The van der Waals surface area contributed by atoms with Crippen LogP contribution in [0.5, 0.6) is 23.0 Å². The monoisotopic (exact) mass is 465 g/mol. The molecule has 2 aromatic rings. The smallest absolute Gasteiger partial charge is 0.259 e. The van der Waals surface area contributed by atoms with Crippen molar-refractivity contribution in [2.24, 2.45) is 0 Å². The van der Waals surface area contributed by atoms with Gasteiger partial charge in [-0.15, -0.1) is 0 Å². The second kappa shape index (κ2) is 10.7. The Kier molecular flexibility index (Phi) is 7.95. The molecule has 5 atom stereocenters. The van der Waals surface area contributed by atoms with Crippen LogP contribution >= 0.6 is 0 Å². The third-order valence-corrected chi connectivity index (χ3v) is 5.22. The van der Waals surface area contributed by atoms with Crippen LogP contribution in [-0.4, -0.2) is 83.0 Å². The number of rotatable bonds is 8. The summed E-state index contributed by atoms with van der Waals surface area (Å²) in [4.78, 5) is 12.9. The summed E-state index contributed by atoms with van der Waals surface area (Å²) in [7, 11) is 3.00. The van der Waals surface area contributed by atoms with Crippen LogP contribution in [0.25, 0.3) is 0 Å². The summed E-state index contributed by atoms with van der Waals surface area (Å²) in [6, 6.07) is 9.18. The number of phenols is 1. The zero-order chi connectivity index (χ0) is 24.1. The molecule has 6 N–H and O–H groups in total. The highest BCUT2D eigenvalue weighted by atomic mass is 16.7. The third kappa shape index (κ3) is 5.29. The van der Waals surface area contributed by atoms with Crippen LogP contribution in [0.1, 0.15) is 15.9 Å². The number of aromatic hydroxyl groups is 1. The lowest BCUT2D eigenvalue weighted by Gasteiger charge is -2.39. The van der Waals surface area contributed by atoms with Gasteiger partial charge in [-0.3, -0.25) is 4.79 Å². The quantitative estimate of drug-likeness (QED) is 0.300. The molecule has 0 saturated carbocycles. The lowest BCUT2D eigenvalue weighted by molar-refractivity contribution is -0.277. The normalized spacial score (nSPS) is 24.7. The van der Waals surface area contributed by atoms with Crippen molar-refractivity contribution in [1.82, 2.24) is 5.32 Å². The summed E-state index contributed by atoms with van der Waals surface area (Å²) in [6.45, 7) is -0.545. The van der Waals surface area contributed by atoms with Crippen molar-refractivity contribution in [3.05, 3.63) is 47.5 Å². The van der Waals surface area contributed by atoms with E-state index in [2.05, 4.69) is 5.32 Å². The molecule has 0 bridgehead atoms. The van der Waals surface area contributed by atoms with E-state index in [0.29, 0.717) is 17.1 Å². The van der Waals surface area contributed by atoms with Crippen molar-refractivity contribution in [1.29, 1.82) is 0 Å². The second-order valence-corrected chi connectivity index (χ2v) is 7.34. The molecule has 1 fully saturated rings. The topological polar surface area (TPSA) is 167 Å². The molecular formula is C22H27NO10. The van der Waals surface area contributed by atoms with Crippen LogP contribution < -0.4 is 19.5 Å². The molecular weight excluding hydrogens is 438 g/mol. The van der Waals surface area contributed by atoms with Crippen molar-refractivity contribution in [3.8, 4) is 23.0 Å². The first-order chi connectivity index (χ1) is 15.8. The Morgan fingerprint density at radius 1 is 1.00 bits per heavy atom. The zero-order valence-corrected chi connectivity index (χ0v) is 18.0. The van der Waals surface area contributed by atoms with Gasteiger partial charge in [-0.25, -0.2) is 0 Å². The molecule has 3 rings (SSSR count). The van der Waals surface area contributed by atoms with Crippen LogP contribution in [0.3, 0.4) is 0 Å². The molecule has 33 heavy (non-hydrogen) atoms. The minimum atomic E-state index is -1.67. The van der Waals surface area contributed by atoms with Crippen molar-refractivity contribution < 1.29 is 49.3 Å². The predicted octanol–water partition coefficient (Wildman–Crippen LogP) is -0.482. The Morgan fingerprint density at radius 2 is 1.73 bits per heavy atom. The van der Waals surface area contributed by atoms with Gasteiger partial charge in [0.15, 0.2) is 11.5 Å². The fourth-order valence-corrected chi connectivity index (χ4v) is 3.40. The minimum absolute atomic E-state index is 0.0903. The number of methoxy groups -OCH3 is 2. The van der Waals surface area contributed by atoms with Crippen molar-refractivity contribution >= 4 is 5.91 Å². The van der Waals surface area contributed by atoms with Crippen LogP contribution in [0.15, 0.2) is 36.4 Å². The number of phenolic OH excluding ortho intramolecular Hbond substituents is 1. The van der Waals surface area contributed by atoms with E-state index in [9.17, 15) is 30.3 Å². The number of aliphatic hydroxyl groups is 4. The maximum atomic E-state index is 12.9. The SMILES string of the molecule is COc1ccc(CNC(=O)c2c(O)cccc2O[C@@H]2O[C@H](CO)[C@@H](O)[C@H](O)[C@H]2O)cc1OC. The summed E-state index contributed by atoms with van der Waals surface area (Å²) in [5.41, 5.74) is 0.475. The van der Waals surface area contributed by atoms with E-state index in [1.807, 2.05) is 0 Å². The van der Waals surface area contributed by atoms with Crippen LogP contribution in [0.2, 0.25) is 0 Å². The molecule has 1 amide bonds. The molecule has 0 radical (unpaired) electrons. The number of benzene rings is 2. The van der Waals surface area contributed by atoms with Crippen LogP contribution in [0, 0.1) is 0 Å². The minimum Gasteiger partial charge on any atom is -0.507 e. The summed E-state index contributed by atoms with van der Waals surface area (Å²) in [6.07, 6.45) is -7.58. The summed E-state index contributed by atoms with van der Waals surface area (Å²) >= 11 is 0. The van der Waals surface area contributed by atoms with E-state index in [4.69, 9.17) is 18.9 Å². The highest BCUT2D eigenvalue weighted by Gasteiger charge is 2.45. The van der Waals surface area contributed by atoms with E-state index >= 15 is 0 Å². The summed E-state index contributed by atoms with van der Waals surface area (Å²) < 4.78 is 21.3. The van der Waals surface area contributed by atoms with Crippen molar-refractivity contribution in [2.45, 2.75) is 37.3 Å². The van der Waals surface area contributed by atoms with Gasteiger partial charge >= 0.3 is 0 Å². The molecule has 180 valence electrons. The number of amides is 1. The molecule has 0 spiro atoms. The van der Waals surface area contributed by atoms with E-state index in [1.165, 1.54) is 32.4 Å². The number of hydrogen-bond acceptors (Lipinski definition) is 10. The van der Waals surface area contributed by atoms with Gasteiger partial charge in [0.1, 0.15) is 41.5 Å². The molecule has 0 aliphatic carbocycles. The molecule has 1 aliphatic heterocycles. The molecule has 11 nitrogen and oxygen atoms in total. The molecule has 1 aliphatic rings. The van der Waals surface area contributed by atoms with Crippen molar-refractivity contribution in [2.75, 3.05) is 20.8 Å². The third-order valence-electron chi connectivity index (χ3n) is 5.22.